The topological polar surface area (TPSA) is 50.7 Å². The number of carbonyl (C=O) groups excluding carboxylic acids is 1. The van der Waals surface area contributed by atoms with Crippen LogP contribution < -0.4 is 10.2 Å². The smallest absolute Gasteiger partial charge is 0.250 e. The van der Waals surface area contributed by atoms with Gasteiger partial charge < -0.3 is 4.74 Å². The van der Waals surface area contributed by atoms with E-state index in [0.29, 0.717) is 5.75 Å². The van der Waals surface area contributed by atoms with E-state index in [0.717, 1.165) is 35.7 Å². The number of nitrogens with one attached hydrogen (secondary N) is 1. The van der Waals surface area contributed by atoms with Gasteiger partial charge >= 0.3 is 0 Å². The zero-order chi connectivity index (χ0) is 17.9. The first-order valence-corrected chi connectivity index (χ1v) is 9.40. The van der Waals surface area contributed by atoms with Gasteiger partial charge in [0.25, 0.3) is 0 Å². The molecule has 4 nitrogen and oxygen atoms in total. The molecule has 0 saturated heterocycles. The first kappa shape index (κ1) is 19.1. The molecule has 0 fully saturated rings. The Hall–Kier alpha value is -2.27. The standard InChI is InChI=1S/C20H24N2O2S/c1-3-4-13-24-18-9-7-17(8-10-18)14-21-22-20(23)15-25-19-11-5-16(2)6-12-19/h5-12,14H,3-4,13,15H2,1-2H3,(H,22,23)/b21-14-. The highest BCUT2D eigenvalue weighted by molar-refractivity contribution is 8.00. The predicted molar refractivity (Wildman–Crippen MR) is 104 cm³/mol. The molecule has 5 heteroatoms. The van der Waals surface area contributed by atoms with Gasteiger partial charge in [-0.15, -0.1) is 11.8 Å². The van der Waals surface area contributed by atoms with Gasteiger partial charge in [-0.3, -0.25) is 4.79 Å². The average molecular weight is 356 g/mol. The second-order valence-electron chi connectivity index (χ2n) is 5.67. The molecule has 0 atom stereocenters. The summed E-state index contributed by atoms with van der Waals surface area (Å²) in [5, 5.41) is 3.99. The molecule has 0 bridgehead atoms. The number of hydrogen-bond acceptors (Lipinski definition) is 4. The van der Waals surface area contributed by atoms with Crippen LogP contribution in [0.2, 0.25) is 0 Å². The highest BCUT2D eigenvalue weighted by Crippen LogP contribution is 2.17. The van der Waals surface area contributed by atoms with Crippen LogP contribution in [0.25, 0.3) is 0 Å². The van der Waals surface area contributed by atoms with Crippen LogP contribution in [-0.2, 0) is 4.79 Å². The van der Waals surface area contributed by atoms with Crippen LogP contribution in [-0.4, -0.2) is 24.5 Å². The number of ether oxygens (including phenoxy) is 1. The maximum absolute atomic E-state index is 11.8. The molecule has 0 heterocycles. The van der Waals surface area contributed by atoms with E-state index in [4.69, 9.17) is 4.74 Å². The minimum Gasteiger partial charge on any atom is -0.494 e. The number of aryl methyl sites for hydroxylation is 1. The number of hydrazone groups is 1. The summed E-state index contributed by atoms with van der Waals surface area (Å²) in [6.45, 7) is 4.91. The summed E-state index contributed by atoms with van der Waals surface area (Å²) in [5.41, 5.74) is 4.67. The summed E-state index contributed by atoms with van der Waals surface area (Å²) < 4.78 is 5.61. The number of carbonyl (C=O) groups is 1. The Balaban J connectivity index is 1.72. The van der Waals surface area contributed by atoms with Gasteiger partial charge in [-0.05, 0) is 55.3 Å². The molecule has 132 valence electrons. The van der Waals surface area contributed by atoms with Crippen LogP contribution in [0.5, 0.6) is 5.75 Å². The molecule has 0 unspecified atom stereocenters. The van der Waals surface area contributed by atoms with E-state index < -0.39 is 0 Å². The number of hydrogen-bond donors (Lipinski definition) is 1. The van der Waals surface area contributed by atoms with Crippen LogP contribution in [0.4, 0.5) is 0 Å². The number of thioether (sulfide) groups is 1. The monoisotopic (exact) mass is 356 g/mol. The number of unbranched alkanes of at least 4 members (excludes halogenated alkanes) is 1. The van der Waals surface area contributed by atoms with Crippen molar-refractivity contribution in [3.63, 3.8) is 0 Å². The van der Waals surface area contributed by atoms with Crippen molar-refractivity contribution >= 4 is 23.9 Å². The normalized spacial score (nSPS) is 10.8. The lowest BCUT2D eigenvalue weighted by Crippen LogP contribution is -2.19. The van der Waals surface area contributed by atoms with E-state index in [1.165, 1.54) is 17.3 Å². The molecule has 0 aromatic heterocycles. The van der Waals surface area contributed by atoms with Crippen LogP contribution >= 0.6 is 11.8 Å². The third-order valence-electron chi connectivity index (χ3n) is 3.44. The van der Waals surface area contributed by atoms with Crippen molar-refractivity contribution in [1.82, 2.24) is 5.43 Å². The van der Waals surface area contributed by atoms with Crippen molar-refractivity contribution < 1.29 is 9.53 Å². The third kappa shape index (κ3) is 7.44. The fourth-order valence-electron chi connectivity index (χ4n) is 1.98. The highest BCUT2D eigenvalue weighted by atomic mass is 32.2. The Morgan fingerprint density at radius 3 is 2.56 bits per heavy atom. The van der Waals surface area contributed by atoms with Crippen LogP contribution in [0.15, 0.2) is 58.5 Å². The first-order chi connectivity index (χ1) is 12.2. The van der Waals surface area contributed by atoms with Gasteiger partial charge in [0.15, 0.2) is 0 Å². The molecule has 1 N–H and O–H groups in total. The molecule has 0 saturated carbocycles. The number of nitrogens with zero attached hydrogens (tertiary/aromatic N) is 1. The van der Waals surface area contributed by atoms with E-state index in [1.807, 2.05) is 55.5 Å². The van der Waals surface area contributed by atoms with Gasteiger partial charge in [0.2, 0.25) is 5.91 Å². The predicted octanol–water partition coefficient (Wildman–Crippen LogP) is 4.42. The Kier molecular flexibility index (Phi) is 8.05. The maximum atomic E-state index is 11.8. The van der Waals surface area contributed by atoms with Gasteiger partial charge in [-0.25, -0.2) is 5.43 Å². The highest BCUT2D eigenvalue weighted by Gasteiger charge is 2.01. The minimum atomic E-state index is -0.124. The summed E-state index contributed by atoms with van der Waals surface area (Å²) in [6.07, 6.45) is 3.80. The Morgan fingerprint density at radius 2 is 1.88 bits per heavy atom. The molecule has 0 spiro atoms. The van der Waals surface area contributed by atoms with E-state index in [1.54, 1.807) is 6.21 Å². The van der Waals surface area contributed by atoms with Crippen LogP contribution in [0, 0.1) is 6.92 Å². The molecule has 25 heavy (non-hydrogen) atoms. The summed E-state index contributed by atoms with van der Waals surface area (Å²) in [4.78, 5) is 12.9. The quantitative estimate of drug-likeness (QED) is 0.313. The first-order valence-electron chi connectivity index (χ1n) is 8.41. The molecule has 2 aromatic carbocycles. The van der Waals surface area contributed by atoms with Gasteiger partial charge in [-0.1, -0.05) is 31.0 Å². The van der Waals surface area contributed by atoms with Crippen molar-refractivity contribution in [1.29, 1.82) is 0 Å². The summed E-state index contributed by atoms with van der Waals surface area (Å²) >= 11 is 1.49. The molecule has 0 radical (unpaired) electrons. The average Bonchev–Trinajstić information content (AvgIpc) is 2.63. The number of benzene rings is 2. The zero-order valence-electron chi connectivity index (χ0n) is 14.7. The molecule has 0 aliphatic carbocycles. The van der Waals surface area contributed by atoms with Gasteiger partial charge in [0.1, 0.15) is 5.75 Å². The Morgan fingerprint density at radius 1 is 1.16 bits per heavy atom. The van der Waals surface area contributed by atoms with E-state index >= 15 is 0 Å². The van der Waals surface area contributed by atoms with E-state index in [-0.39, 0.29) is 5.91 Å². The van der Waals surface area contributed by atoms with Crippen molar-refractivity contribution in [3.05, 3.63) is 59.7 Å². The van der Waals surface area contributed by atoms with Crippen LogP contribution in [0.1, 0.15) is 30.9 Å². The summed E-state index contributed by atoms with van der Waals surface area (Å²) in [5.74, 6) is 1.07. The Bertz CT molecular complexity index is 682. The maximum Gasteiger partial charge on any atom is 0.250 e. The van der Waals surface area contributed by atoms with E-state index in [2.05, 4.69) is 17.5 Å². The van der Waals surface area contributed by atoms with E-state index in [9.17, 15) is 4.79 Å². The van der Waals surface area contributed by atoms with Crippen molar-refractivity contribution in [3.8, 4) is 5.75 Å². The molecule has 2 aromatic rings. The molecular formula is C20H24N2O2S. The lowest BCUT2D eigenvalue weighted by molar-refractivity contribution is -0.118. The molecule has 0 aliphatic rings. The van der Waals surface area contributed by atoms with Gasteiger partial charge in [-0.2, -0.15) is 5.10 Å². The van der Waals surface area contributed by atoms with Crippen molar-refractivity contribution in [2.45, 2.75) is 31.6 Å². The zero-order valence-corrected chi connectivity index (χ0v) is 15.5. The van der Waals surface area contributed by atoms with Crippen LogP contribution in [0.3, 0.4) is 0 Å². The lowest BCUT2D eigenvalue weighted by atomic mass is 10.2. The SMILES string of the molecule is CCCCOc1ccc(/C=N\NC(=O)CSc2ccc(C)cc2)cc1. The summed E-state index contributed by atoms with van der Waals surface area (Å²) in [6, 6.07) is 15.7. The molecule has 2 rings (SSSR count). The molecule has 1 amide bonds. The fraction of sp³-hybridized carbons (Fsp3) is 0.300. The second kappa shape index (κ2) is 10.6. The number of rotatable bonds is 9. The van der Waals surface area contributed by atoms with Gasteiger partial charge in [0.05, 0.1) is 18.6 Å². The third-order valence-corrected chi connectivity index (χ3v) is 4.45. The largest absolute Gasteiger partial charge is 0.494 e. The number of amides is 1. The molecular weight excluding hydrogens is 332 g/mol. The lowest BCUT2D eigenvalue weighted by Gasteiger charge is -2.05. The van der Waals surface area contributed by atoms with Gasteiger partial charge in [0, 0.05) is 4.90 Å². The van der Waals surface area contributed by atoms with Crippen molar-refractivity contribution in [2.24, 2.45) is 5.10 Å². The second-order valence-corrected chi connectivity index (χ2v) is 6.71. The fourth-order valence-corrected chi connectivity index (χ4v) is 2.67. The molecule has 0 aliphatic heterocycles. The van der Waals surface area contributed by atoms with Crippen molar-refractivity contribution in [2.75, 3.05) is 12.4 Å². The Labute approximate surface area is 153 Å². The minimum absolute atomic E-state index is 0.124. The summed E-state index contributed by atoms with van der Waals surface area (Å²) in [7, 11) is 0.